The number of methoxy groups -OCH3 is 1. The summed E-state index contributed by atoms with van der Waals surface area (Å²) in [6.45, 7) is 4.68. The van der Waals surface area contributed by atoms with Crippen LogP contribution in [0, 0.1) is 0 Å². The minimum absolute atomic E-state index is 0.230. The SMILES string of the molecule is CCC[C@H](N)C(=O)OCCOCCOCCOC. The van der Waals surface area contributed by atoms with E-state index in [1.807, 2.05) is 6.92 Å². The summed E-state index contributed by atoms with van der Waals surface area (Å²) < 4.78 is 20.2. The second-order valence-corrected chi connectivity index (χ2v) is 3.78. The average molecular weight is 263 g/mol. The van der Waals surface area contributed by atoms with Crippen molar-refractivity contribution < 1.29 is 23.7 Å². The molecule has 0 saturated heterocycles. The Hall–Kier alpha value is -0.690. The summed E-state index contributed by atoms with van der Waals surface area (Å²) >= 11 is 0. The third-order valence-corrected chi connectivity index (χ3v) is 2.18. The predicted octanol–water partition coefficient (Wildman–Crippen LogP) is 0.337. The van der Waals surface area contributed by atoms with Gasteiger partial charge in [-0.15, -0.1) is 0 Å². The van der Waals surface area contributed by atoms with Crippen LogP contribution in [0.3, 0.4) is 0 Å². The molecule has 0 unspecified atom stereocenters. The van der Waals surface area contributed by atoms with Crippen molar-refractivity contribution in [2.24, 2.45) is 5.73 Å². The molecule has 0 spiro atoms. The van der Waals surface area contributed by atoms with E-state index in [1.165, 1.54) is 0 Å². The third kappa shape index (κ3) is 10.5. The quantitative estimate of drug-likeness (QED) is 0.404. The molecule has 0 amide bonds. The molecule has 0 aromatic heterocycles. The van der Waals surface area contributed by atoms with Crippen LogP contribution < -0.4 is 5.73 Å². The number of rotatable bonds is 12. The Bertz CT molecular complexity index is 201. The van der Waals surface area contributed by atoms with E-state index in [2.05, 4.69) is 0 Å². The summed E-state index contributed by atoms with van der Waals surface area (Å²) in [6.07, 6.45) is 1.51. The van der Waals surface area contributed by atoms with E-state index >= 15 is 0 Å². The molecular weight excluding hydrogens is 238 g/mol. The van der Waals surface area contributed by atoms with Gasteiger partial charge in [0.2, 0.25) is 0 Å². The first kappa shape index (κ1) is 17.3. The summed E-state index contributed by atoms with van der Waals surface area (Å²) in [4.78, 5) is 11.3. The minimum Gasteiger partial charge on any atom is -0.462 e. The molecule has 0 aromatic rings. The van der Waals surface area contributed by atoms with Crippen LogP contribution >= 0.6 is 0 Å². The van der Waals surface area contributed by atoms with Gasteiger partial charge in [0.15, 0.2) is 0 Å². The van der Waals surface area contributed by atoms with Crippen molar-refractivity contribution in [1.29, 1.82) is 0 Å². The van der Waals surface area contributed by atoms with Crippen LogP contribution in [-0.4, -0.2) is 58.8 Å². The van der Waals surface area contributed by atoms with Crippen molar-refractivity contribution in [3.8, 4) is 0 Å². The molecule has 0 heterocycles. The average Bonchev–Trinajstić information content (AvgIpc) is 2.36. The Labute approximate surface area is 109 Å². The zero-order valence-electron chi connectivity index (χ0n) is 11.4. The first-order valence-corrected chi connectivity index (χ1v) is 6.29. The lowest BCUT2D eigenvalue weighted by Gasteiger charge is -2.10. The van der Waals surface area contributed by atoms with Gasteiger partial charge < -0.3 is 24.7 Å². The molecule has 6 nitrogen and oxygen atoms in total. The largest absolute Gasteiger partial charge is 0.462 e. The van der Waals surface area contributed by atoms with Crippen LogP contribution in [0.1, 0.15) is 19.8 Å². The van der Waals surface area contributed by atoms with E-state index in [0.717, 1.165) is 6.42 Å². The molecule has 1 atom stereocenters. The summed E-state index contributed by atoms with van der Waals surface area (Å²) in [5.74, 6) is -0.364. The monoisotopic (exact) mass is 263 g/mol. The van der Waals surface area contributed by atoms with Gasteiger partial charge in [-0.1, -0.05) is 13.3 Å². The van der Waals surface area contributed by atoms with Gasteiger partial charge in [-0.2, -0.15) is 0 Å². The number of nitrogens with two attached hydrogens (primary N) is 1. The summed E-state index contributed by atoms with van der Waals surface area (Å²) in [5, 5.41) is 0. The van der Waals surface area contributed by atoms with E-state index in [9.17, 15) is 4.79 Å². The van der Waals surface area contributed by atoms with Gasteiger partial charge >= 0.3 is 5.97 Å². The zero-order chi connectivity index (χ0) is 13.6. The molecule has 18 heavy (non-hydrogen) atoms. The number of hydrogen-bond donors (Lipinski definition) is 1. The Balaban J connectivity index is 3.22. The van der Waals surface area contributed by atoms with Crippen LogP contribution in [0.2, 0.25) is 0 Å². The zero-order valence-corrected chi connectivity index (χ0v) is 11.4. The normalized spacial score (nSPS) is 12.4. The second-order valence-electron chi connectivity index (χ2n) is 3.78. The number of carbonyl (C=O) groups is 1. The standard InChI is InChI=1S/C12H25NO5/c1-3-4-11(13)12(14)18-10-9-17-8-7-16-6-5-15-2/h11H,3-10,13H2,1-2H3/t11-/m0/s1. The maximum atomic E-state index is 11.3. The number of esters is 1. The third-order valence-electron chi connectivity index (χ3n) is 2.18. The second kappa shape index (κ2) is 12.8. The fourth-order valence-electron chi connectivity index (χ4n) is 1.20. The van der Waals surface area contributed by atoms with Crippen molar-refractivity contribution in [3.05, 3.63) is 0 Å². The highest BCUT2D eigenvalue weighted by atomic mass is 16.6. The Morgan fingerprint density at radius 2 is 1.61 bits per heavy atom. The van der Waals surface area contributed by atoms with Crippen LogP contribution in [-0.2, 0) is 23.7 Å². The first-order valence-electron chi connectivity index (χ1n) is 6.29. The lowest BCUT2D eigenvalue weighted by molar-refractivity contribution is -0.147. The maximum Gasteiger partial charge on any atom is 0.322 e. The minimum atomic E-state index is -0.521. The fourth-order valence-corrected chi connectivity index (χ4v) is 1.20. The van der Waals surface area contributed by atoms with Crippen LogP contribution in [0.5, 0.6) is 0 Å². The number of ether oxygens (including phenoxy) is 4. The molecule has 108 valence electrons. The van der Waals surface area contributed by atoms with Crippen molar-refractivity contribution in [3.63, 3.8) is 0 Å². The number of hydrogen-bond acceptors (Lipinski definition) is 6. The molecular formula is C12H25NO5. The molecule has 6 heteroatoms. The molecule has 0 aromatic carbocycles. The van der Waals surface area contributed by atoms with E-state index in [1.54, 1.807) is 7.11 Å². The van der Waals surface area contributed by atoms with Gasteiger partial charge in [0.25, 0.3) is 0 Å². The highest BCUT2D eigenvalue weighted by Crippen LogP contribution is 1.95. The van der Waals surface area contributed by atoms with Gasteiger partial charge in [-0.25, -0.2) is 0 Å². The van der Waals surface area contributed by atoms with Gasteiger partial charge in [0.1, 0.15) is 12.6 Å². The van der Waals surface area contributed by atoms with E-state index < -0.39 is 6.04 Å². The predicted molar refractivity (Wildman–Crippen MR) is 67.4 cm³/mol. The van der Waals surface area contributed by atoms with Crippen molar-refractivity contribution in [2.75, 3.05) is 46.8 Å². The Morgan fingerprint density at radius 3 is 2.17 bits per heavy atom. The molecule has 0 radical (unpaired) electrons. The number of carbonyl (C=O) groups excluding carboxylic acids is 1. The molecule has 0 rings (SSSR count). The lowest BCUT2D eigenvalue weighted by atomic mass is 10.2. The summed E-state index contributed by atoms with van der Waals surface area (Å²) in [7, 11) is 1.62. The molecule has 2 N–H and O–H groups in total. The molecule has 0 aliphatic rings. The lowest BCUT2D eigenvalue weighted by Crippen LogP contribution is -2.32. The molecule has 0 fully saturated rings. The smallest absolute Gasteiger partial charge is 0.322 e. The highest BCUT2D eigenvalue weighted by molar-refractivity contribution is 5.75. The van der Waals surface area contributed by atoms with Gasteiger partial charge in [-0.05, 0) is 6.42 Å². The van der Waals surface area contributed by atoms with Crippen molar-refractivity contribution >= 4 is 5.97 Å². The highest BCUT2D eigenvalue weighted by Gasteiger charge is 2.12. The molecule has 0 bridgehead atoms. The molecule has 0 aliphatic heterocycles. The van der Waals surface area contributed by atoms with Crippen molar-refractivity contribution in [1.82, 2.24) is 0 Å². The van der Waals surface area contributed by atoms with Gasteiger partial charge in [0.05, 0.1) is 33.0 Å². The first-order chi connectivity index (χ1) is 8.72. The summed E-state index contributed by atoms with van der Waals surface area (Å²) in [5.41, 5.74) is 5.59. The van der Waals surface area contributed by atoms with Crippen LogP contribution in [0.4, 0.5) is 0 Å². The van der Waals surface area contributed by atoms with E-state index in [0.29, 0.717) is 39.5 Å². The van der Waals surface area contributed by atoms with Crippen molar-refractivity contribution in [2.45, 2.75) is 25.8 Å². The Kier molecular flexibility index (Phi) is 12.3. The Morgan fingerprint density at radius 1 is 1.06 bits per heavy atom. The van der Waals surface area contributed by atoms with Gasteiger partial charge in [-0.3, -0.25) is 4.79 Å². The van der Waals surface area contributed by atoms with Crippen LogP contribution in [0.25, 0.3) is 0 Å². The topological polar surface area (TPSA) is 80.0 Å². The maximum absolute atomic E-state index is 11.3. The summed E-state index contributed by atoms with van der Waals surface area (Å²) in [6, 6.07) is -0.521. The molecule has 0 aliphatic carbocycles. The fraction of sp³-hybridized carbons (Fsp3) is 0.917. The van der Waals surface area contributed by atoms with Crippen LogP contribution in [0.15, 0.2) is 0 Å². The molecule has 0 saturated carbocycles. The van der Waals surface area contributed by atoms with E-state index in [4.69, 9.17) is 24.7 Å². The van der Waals surface area contributed by atoms with Gasteiger partial charge in [0, 0.05) is 7.11 Å². The van der Waals surface area contributed by atoms with E-state index in [-0.39, 0.29) is 12.6 Å².